The minimum Gasteiger partial charge on any atom is -0.322 e. The summed E-state index contributed by atoms with van der Waals surface area (Å²) >= 11 is 1.57. The fourth-order valence-corrected chi connectivity index (χ4v) is 3.82. The van der Waals surface area contributed by atoms with Crippen LogP contribution in [0.15, 0.2) is 48.5 Å². The number of rotatable bonds is 6. The lowest BCUT2D eigenvalue weighted by molar-refractivity contribution is -0.903. The molecule has 27 heavy (non-hydrogen) atoms. The lowest BCUT2D eigenvalue weighted by Gasteiger charge is -2.17. The van der Waals surface area contributed by atoms with E-state index in [0.29, 0.717) is 13.1 Å². The predicted molar refractivity (Wildman–Crippen MR) is 99.8 cm³/mol. The smallest absolute Gasteiger partial charge is 0.322 e. The van der Waals surface area contributed by atoms with Crippen LogP contribution in [0.25, 0.3) is 10.2 Å². The Morgan fingerprint density at radius 1 is 1.15 bits per heavy atom. The average molecular weight is 394 g/mol. The van der Waals surface area contributed by atoms with Gasteiger partial charge in [0.05, 0.1) is 28.0 Å². The van der Waals surface area contributed by atoms with E-state index >= 15 is 0 Å². The maximum atomic E-state index is 13.1. The van der Waals surface area contributed by atoms with Crippen LogP contribution in [0, 0.1) is 0 Å². The van der Waals surface area contributed by atoms with Crippen molar-refractivity contribution in [2.45, 2.75) is 19.6 Å². The molecule has 1 unspecified atom stereocenters. The summed E-state index contributed by atoms with van der Waals surface area (Å²) < 4.78 is 40.2. The highest BCUT2D eigenvalue weighted by atomic mass is 32.1. The van der Waals surface area contributed by atoms with Crippen molar-refractivity contribution in [2.75, 3.05) is 18.4 Å². The number of nitrogens with one attached hydrogen (secondary N) is 2. The Labute approximate surface area is 158 Å². The number of anilines is 1. The zero-order valence-corrected chi connectivity index (χ0v) is 15.5. The van der Waals surface area contributed by atoms with Gasteiger partial charge < -0.3 is 10.2 Å². The van der Waals surface area contributed by atoms with E-state index in [1.54, 1.807) is 11.3 Å². The number of fused-ring (bicyclic) bond motifs is 1. The fourth-order valence-electron chi connectivity index (χ4n) is 2.78. The molecule has 8 heteroatoms. The Kier molecular flexibility index (Phi) is 5.76. The van der Waals surface area contributed by atoms with E-state index in [4.69, 9.17) is 0 Å². The van der Waals surface area contributed by atoms with Gasteiger partial charge in [-0.3, -0.25) is 4.79 Å². The monoisotopic (exact) mass is 394 g/mol. The number of benzene rings is 2. The summed E-state index contributed by atoms with van der Waals surface area (Å²) in [5.74, 6) is -0.454. The first-order valence-corrected chi connectivity index (χ1v) is 9.32. The molecular weight excluding hydrogens is 375 g/mol. The van der Waals surface area contributed by atoms with Crippen LogP contribution in [0.5, 0.6) is 0 Å². The molecule has 0 saturated carbocycles. The molecule has 0 aliphatic heterocycles. The van der Waals surface area contributed by atoms with E-state index in [1.807, 2.05) is 31.2 Å². The van der Waals surface area contributed by atoms with Crippen molar-refractivity contribution in [1.29, 1.82) is 0 Å². The van der Waals surface area contributed by atoms with E-state index < -0.39 is 17.6 Å². The van der Waals surface area contributed by atoms with Crippen LogP contribution in [0.2, 0.25) is 0 Å². The van der Waals surface area contributed by atoms with Crippen LogP contribution in [0.4, 0.5) is 18.9 Å². The summed E-state index contributed by atoms with van der Waals surface area (Å²) in [5, 5.41) is 3.30. The standard InChI is InChI=1S/C19H18F3N3OS/c1-2-25(12-18-24-15-9-5-6-10-16(15)27-18)11-17(26)23-14-8-4-3-7-13(14)19(20,21)22/h3-10H,2,11-12H2,1H3,(H,23,26)/p+1. The van der Waals surface area contributed by atoms with Gasteiger partial charge in [-0.15, -0.1) is 11.3 Å². The normalized spacial score (nSPS) is 12.9. The Morgan fingerprint density at radius 2 is 1.85 bits per heavy atom. The lowest BCUT2D eigenvalue weighted by Crippen LogP contribution is -3.11. The van der Waals surface area contributed by atoms with E-state index in [2.05, 4.69) is 10.3 Å². The van der Waals surface area contributed by atoms with Gasteiger partial charge in [0, 0.05) is 0 Å². The molecule has 0 fully saturated rings. The molecule has 2 N–H and O–H groups in total. The van der Waals surface area contributed by atoms with Crippen molar-refractivity contribution in [1.82, 2.24) is 4.98 Å². The van der Waals surface area contributed by atoms with Gasteiger partial charge >= 0.3 is 6.18 Å². The number of halogens is 3. The van der Waals surface area contributed by atoms with Gasteiger partial charge in [-0.1, -0.05) is 24.3 Å². The maximum absolute atomic E-state index is 13.1. The molecular formula is C19H19F3N3OS+. The lowest BCUT2D eigenvalue weighted by atomic mass is 10.1. The highest BCUT2D eigenvalue weighted by Crippen LogP contribution is 2.34. The zero-order chi connectivity index (χ0) is 19.4. The van der Waals surface area contributed by atoms with Crippen molar-refractivity contribution in [3.05, 3.63) is 59.1 Å². The van der Waals surface area contributed by atoms with Gasteiger partial charge in [0.25, 0.3) is 5.91 Å². The molecule has 1 heterocycles. The second-order valence-corrected chi connectivity index (χ2v) is 7.24. The van der Waals surface area contributed by atoms with E-state index in [1.165, 1.54) is 18.2 Å². The summed E-state index contributed by atoms with van der Waals surface area (Å²) in [6, 6.07) is 12.8. The third kappa shape index (κ3) is 4.84. The zero-order valence-electron chi connectivity index (χ0n) is 14.6. The number of hydrogen-bond donors (Lipinski definition) is 2. The number of hydrogen-bond acceptors (Lipinski definition) is 3. The largest absolute Gasteiger partial charge is 0.418 e. The number of carbonyl (C=O) groups excluding carboxylic acids is 1. The highest BCUT2D eigenvalue weighted by molar-refractivity contribution is 7.18. The molecule has 3 rings (SSSR count). The van der Waals surface area contributed by atoms with Crippen LogP contribution in [0.3, 0.4) is 0 Å². The summed E-state index contributed by atoms with van der Waals surface area (Å²) in [6.45, 7) is 3.20. The summed E-state index contributed by atoms with van der Waals surface area (Å²) in [4.78, 5) is 17.8. The van der Waals surface area contributed by atoms with Gasteiger partial charge in [0.15, 0.2) is 6.54 Å². The van der Waals surface area contributed by atoms with E-state index in [-0.39, 0.29) is 12.2 Å². The average Bonchev–Trinajstić information content (AvgIpc) is 3.03. The van der Waals surface area contributed by atoms with Crippen LogP contribution in [-0.2, 0) is 17.5 Å². The van der Waals surface area contributed by atoms with Gasteiger partial charge in [-0.2, -0.15) is 13.2 Å². The molecule has 1 atom stereocenters. The maximum Gasteiger partial charge on any atom is 0.418 e. The van der Waals surface area contributed by atoms with Gasteiger partial charge in [0.2, 0.25) is 0 Å². The quantitative estimate of drug-likeness (QED) is 0.674. The van der Waals surface area contributed by atoms with Crippen molar-refractivity contribution in [3.63, 3.8) is 0 Å². The van der Waals surface area contributed by atoms with Crippen molar-refractivity contribution in [3.8, 4) is 0 Å². The Bertz CT molecular complexity index is 906. The van der Waals surface area contributed by atoms with Gasteiger partial charge in [0.1, 0.15) is 11.6 Å². The number of carbonyl (C=O) groups is 1. The molecule has 0 bridgehead atoms. The SMILES string of the molecule is CC[NH+](CC(=O)Nc1ccccc1C(F)(F)F)Cc1nc2ccccc2s1. The molecule has 0 radical (unpaired) electrons. The predicted octanol–water partition coefficient (Wildman–Crippen LogP) is 3.36. The highest BCUT2D eigenvalue weighted by Gasteiger charge is 2.33. The van der Waals surface area contributed by atoms with Crippen molar-refractivity contribution >= 4 is 33.1 Å². The summed E-state index contributed by atoms with van der Waals surface area (Å²) in [6.07, 6.45) is -4.51. The number of para-hydroxylation sites is 2. The Hall–Kier alpha value is -2.45. The molecule has 0 spiro atoms. The second-order valence-electron chi connectivity index (χ2n) is 6.12. The third-order valence-electron chi connectivity index (χ3n) is 4.16. The molecule has 4 nitrogen and oxygen atoms in total. The molecule has 1 aromatic heterocycles. The fraction of sp³-hybridized carbons (Fsp3) is 0.263. The number of nitrogens with zero attached hydrogens (tertiary/aromatic N) is 1. The van der Waals surface area contributed by atoms with E-state index in [9.17, 15) is 18.0 Å². The minimum atomic E-state index is -4.51. The topological polar surface area (TPSA) is 46.4 Å². The molecule has 0 saturated heterocycles. The number of amides is 1. The first-order chi connectivity index (χ1) is 12.9. The number of aromatic nitrogens is 1. The Balaban J connectivity index is 1.67. The van der Waals surface area contributed by atoms with Gasteiger partial charge in [-0.05, 0) is 31.2 Å². The summed E-state index contributed by atoms with van der Waals surface area (Å²) in [7, 11) is 0. The second kappa shape index (κ2) is 8.06. The third-order valence-corrected chi connectivity index (χ3v) is 5.19. The van der Waals surface area contributed by atoms with Crippen LogP contribution >= 0.6 is 11.3 Å². The van der Waals surface area contributed by atoms with E-state index in [0.717, 1.165) is 26.2 Å². The molecule has 2 aromatic carbocycles. The first-order valence-electron chi connectivity index (χ1n) is 8.51. The molecule has 0 aliphatic carbocycles. The van der Waals surface area contributed by atoms with Crippen LogP contribution < -0.4 is 10.2 Å². The summed E-state index contributed by atoms with van der Waals surface area (Å²) in [5.41, 5.74) is -0.149. The Morgan fingerprint density at radius 3 is 2.56 bits per heavy atom. The first kappa shape index (κ1) is 19.3. The number of quaternary nitrogens is 1. The molecule has 0 aliphatic rings. The minimum absolute atomic E-state index is 0.0681. The van der Waals surface area contributed by atoms with Crippen molar-refractivity contribution in [2.24, 2.45) is 0 Å². The van der Waals surface area contributed by atoms with Gasteiger partial charge in [-0.25, -0.2) is 4.98 Å². The number of likely N-dealkylation sites (N-methyl/N-ethyl adjacent to an activating group) is 1. The molecule has 1 amide bonds. The van der Waals surface area contributed by atoms with Crippen molar-refractivity contribution < 1.29 is 22.9 Å². The molecule has 3 aromatic rings. The number of thiazole rings is 1. The molecule has 142 valence electrons. The van der Waals surface area contributed by atoms with Crippen LogP contribution in [-0.4, -0.2) is 24.0 Å². The number of alkyl halides is 3. The van der Waals surface area contributed by atoms with Crippen LogP contribution in [0.1, 0.15) is 17.5 Å².